The molecule has 1 atom stereocenters. The lowest BCUT2D eigenvalue weighted by molar-refractivity contribution is 0.0580. The number of aromatic amines is 2. The third kappa shape index (κ3) is 3.67. The van der Waals surface area contributed by atoms with E-state index in [9.17, 15) is 5.11 Å². The number of fused-ring (bicyclic) bond motifs is 2. The average Bonchev–Trinajstić information content (AvgIpc) is 3.43. The molecule has 0 saturated heterocycles. The van der Waals surface area contributed by atoms with Crippen molar-refractivity contribution in [2.45, 2.75) is 45.1 Å². The van der Waals surface area contributed by atoms with E-state index in [1.54, 1.807) is 12.4 Å². The summed E-state index contributed by atoms with van der Waals surface area (Å²) in [5, 5.41) is 19.0. The standard InChI is InChI=1S/C23H21Cl2N6O2/c1-11(21-16(24)7-26-8-17(21)25)33-14-2-3-18-15(6-14)22(30-29-18)23-27-19-9-31(10-20(19)28-23)12-4-13(32)5-12/h2-3,6-8,11,13,32H,4-5,9-10H2,1H3,(H,27,28)(H,29,30). The van der Waals surface area contributed by atoms with Crippen molar-refractivity contribution in [3.63, 3.8) is 0 Å². The second-order valence-electron chi connectivity index (χ2n) is 8.55. The SMILES string of the molecule is CC(Oc1ccc2[nH]nc(-c3nc4c([nH]3)CN([C]3CC(O)C3)C4)c2c1)c1c(Cl)cncc1Cl. The number of benzene rings is 1. The van der Waals surface area contributed by atoms with Crippen LogP contribution in [0.15, 0.2) is 30.6 Å². The fraction of sp³-hybridized carbons (Fsp3) is 0.304. The van der Waals surface area contributed by atoms with Gasteiger partial charge >= 0.3 is 0 Å². The van der Waals surface area contributed by atoms with E-state index in [-0.39, 0.29) is 12.2 Å². The van der Waals surface area contributed by atoms with Crippen molar-refractivity contribution in [1.82, 2.24) is 30.0 Å². The number of nitrogens with zero attached hydrogens (tertiary/aromatic N) is 4. The van der Waals surface area contributed by atoms with Crippen molar-refractivity contribution < 1.29 is 9.84 Å². The maximum Gasteiger partial charge on any atom is 0.159 e. The number of hydrogen-bond donors (Lipinski definition) is 3. The topological polar surface area (TPSA) is 103 Å². The number of ether oxygens (including phenoxy) is 1. The van der Waals surface area contributed by atoms with Gasteiger partial charge in [-0.05, 0) is 38.0 Å². The summed E-state index contributed by atoms with van der Waals surface area (Å²) < 4.78 is 6.16. The van der Waals surface area contributed by atoms with E-state index in [1.807, 2.05) is 25.1 Å². The Morgan fingerprint density at radius 3 is 2.70 bits per heavy atom. The van der Waals surface area contributed by atoms with Crippen LogP contribution in [0.5, 0.6) is 5.75 Å². The van der Waals surface area contributed by atoms with E-state index in [4.69, 9.17) is 32.9 Å². The molecule has 1 aliphatic carbocycles. The monoisotopic (exact) mass is 483 g/mol. The molecule has 2 aliphatic rings. The Labute approximate surface area is 199 Å². The maximum absolute atomic E-state index is 9.58. The number of aliphatic hydroxyl groups is 1. The molecule has 3 aromatic heterocycles. The number of aliphatic hydroxyl groups excluding tert-OH is 1. The number of H-pyrrole nitrogens is 2. The maximum atomic E-state index is 9.58. The van der Waals surface area contributed by atoms with Gasteiger partial charge in [-0.15, -0.1) is 0 Å². The first-order valence-electron chi connectivity index (χ1n) is 10.8. The van der Waals surface area contributed by atoms with Crippen molar-refractivity contribution >= 4 is 34.1 Å². The molecular weight excluding hydrogens is 463 g/mol. The Hall–Kier alpha value is -2.65. The lowest BCUT2D eigenvalue weighted by Gasteiger charge is -2.37. The van der Waals surface area contributed by atoms with Gasteiger partial charge in [0.25, 0.3) is 0 Å². The molecule has 33 heavy (non-hydrogen) atoms. The number of aromatic nitrogens is 5. The lowest BCUT2D eigenvalue weighted by atomic mass is 9.88. The molecule has 6 rings (SSSR count). The van der Waals surface area contributed by atoms with Gasteiger partial charge in [0, 0.05) is 42.5 Å². The molecule has 10 heteroatoms. The van der Waals surface area contributed by atoms with Crippen LogP contribution in [0.1, 0.15) is 42.8 Å². The van der Waals surface area contributed by atoms with Crippen LogP contribution in [-0.4, -0.2) is 41.3 Å². The van der Waals surface area contributed by atoms with E-state index < -0.39 is 0 Å². The second kappa shape index (κ2) is 7.99. The quantitative estimate of drug-likeness (QED) is 0.376. The molecule has 1 unspecified atom stereocenters. The highest BCUT2D eigenvalue weighted by atomic mass is 35.5. The van der Waals surface area contributed by atoms with Crippen LogP contribution in [0.3, 0.4) is 0 Å². The minimum absolute atomic E-state index is 0.192. The number of pyridine rings is 1. The van der Waals surface area contributed by atoms with Crippen LogP contribution in [0.4, 0.5) is 0 Å². The van der Waals surface area contributed by atoms with E-state index in [0.29, 0.717) is 21.4 Å². The predicted molar refractivity (Wildman–Crippen MR) is 125 cm³/mol. The third-order valence-corrected chi connectivity index (χ3v) is 6.91. The van der Waals surface area contributed by atoms with Crippen LogP contribution >= 0.6 is 23.2 Å². The van der Waals surface area contributed by atoms with Crippen molar-refractivity contribution in [2.75, 3.05) is 0 Å². The molecular formula is C23H21Cl2N6O2. The summed E-state index contributed by atoms with van der Waals surface area (Å²) in [4.78, 5) is 14.5. The smallest absolute Gasteiger partial charge is 0.159 e. The number of halogens is 2. The molecule has 1 aliphatic heterocycles. The molecule has 0 amide bonds. The molecule has 4 aromatic rings. The summed E-state index contributed by atoms with van der Waals surface area (Å²) in [6, 6.07) is 7.05. The van der Waals surface area contributed by atoms with E-state index in [1.165, 1.54) is 6.04 Å². The number of imidazole rings is 1. The van der Waals surface area contributed by atoms with Crippen molar-refractivity contribution in [1.29, 1.82) is 0 Å². The summed E-state index contributed by atoms with van der Waals surface area (Å²) in [5.41, 5.74) is 4.46. The zero-order valence-electron chi connectivity index (χ0n) is 17.8. The largest absolute Gasteiger partial charge is 0.486 e. The van der Waals surface area contributed by atoms with Crippen LogP contribution < -0.4 is 4.74 Å². The van der Waals surface area contributed by atoms with Crippen LogP contribution in [0.2, 0.25) is 10.0 Å². The summed E-state index contributed by atoms with van der Waals surface area (Å²) >= 11 is 12.6. The predicted octanol–water partition coefficient (Wildman–Crippen LogP) is 4.80. The zero-order valence-corrected chi connectivity index (χ0v) is 19.3. The number of rotatable bonds is 5. The van der Waals surface area contributed by atoms with Crippen molar-refractivity contribution in [3.05, 3.63) is 63.6 Å². The normalized spacial score (nSPS) is 17.9. The average molecular weight is 484 g/mol. The Morgan fingerprint density at radius 1 is 1.18 bits per heavy atom. The zero-order chi connectivity index (χ0) is 22.7. The summed E-state index contributed by atoms with van der Waals surface area (Å²) in [6.45, 7) is 3.44. The molecule has 1 saturated carbocycles. The molecule has 4 heterocycles. The van der Waals surface area contributed by atoms with Crippen LogP contribution in [0.25, 0.3) is 22.4 Å². The van der Waals surface area contributed by atoms with Gasteiger partial charge in [-0.1, -0.05) is 23.2 Å². The van der Waals surface area contributed by atoms with Gasteiger partial charge in [0.1, 0.15) is 17.5 Å². The van der Waals surface area contributed by atoms with Crippen molar-refractivity contribution in [3.8, 4) is 17.3 Å². The van der Waals surface area contributed by atoms with Gasteiger partial charge in [0.15, 0.2) is 5.82 Å². The highest BCUT2D eigenvalue weighted by Gasteiger charge is 2.37. The van der Waals surface area contributed by atoms with E-state index >= 15 is 0 Å². The van der Waals surface area contributed by atoms with Gasteiger partial charge in [-0.25, -0.2) is 4.98 Å². The molecule has 8 nitrogen and oxygen atoms in total. The molecule has 1 aromatic carbocycles. The summed E-state index contributed by atoms with van der Waals surface area (Å²) in [5.74, 6) is 1.40. The van der Waals surface area contributed by atoms with Gasteiger partial charge in [-0.3, -0.25) is 15.0 Å². The number of nitrogens with one attached hydrogen (secondary N) is 2. The Balaban J connectivity index is 1.25. The Bertz CT molecular complexity index is 1300. The fourth-order valence-electron chi connectivity index (χ4n) is 4.53. The molecule has 0 spiro atoms. The van der Waals surface area contributed by atoms with Crippen LogP contribution in [0, 0.1) is 6.04 Å². The third-order valence-electron chi connectivity index (χ3n) is 6.31. The minimum Gasteiger partial charge on any atom is -0.486 e. The summed E-state index contributed by atoms with van der Waals surface area (Å²) in [6.07, 6.45) is 4.09. The number of hydrogen-bond acceptors (Lipinski definition) is 6. The van der Waals surface area contributed by atoms with Crippen LogP contribution in [-0.2, 0) is 13.1 Å². The molecule has 169 valence electrons. The molecule has 1 fully saturated rings. The molecule has 0 bridgehead atoms. The highest BCUT2D eigenvalue weighted by Crippen LogP contribution is 2.39. The van der Waals surface area contributed by atoms with E-state index in [0.717, 1.165) is 59.7 Å². The highest BCUT2D eigenvalue weighted by molar-refractivity contribution is 6.35. The molecule has 3 N–H and O–H groups in total. The lowest BCUT2D eigenvalue weighted by Crippen LogP contribution is -2.37. The Morgan fingerprint density at radius 2 is 1.97 bits per heavy atom. The first-order chi connectivity index (χ1) is 16.0. The van der Waals surface area contributed by atoms with Gasteiger partial charge in [0.05, 0.1) is 33.1 Å². The van der Waals surface area contributed by atoms with Gasteiger partial charge in [0.2, 0.25) is 0 Å². The first-order valence-corrected chi connectivity index (χ1v) is 11.5. The van der Waals surface area contributed by atoms with Crippen molar-refractivity contribution in [2.24, 2.45) is 0 Å². The Kier molecular flexibility index (Phi) is 5.06. The minimum atomic E-state index is -0.360. The van der Waals surface area contributed by atoms with Gasteiger partial charge < -0.3 is 14.8 Å². The fourth-order valence-corrected chi connectivity index (χ4v) is 5.20. The first kappa shape index (κ1) is 20.9. The second-order valence-corrected chi connectivity index (χ2v) is 9.37. The summed E-state index contributed by atoms with van der Waals surface area (Å²) in [7, 11) is 0. The molecule has 1 radical (unpaired) electrons. The van der Waals surface area contributed by atoms with E-state index in [2.05, 4.69) is 25.1 Å². The van der Waals surface area contributed by atoms with Gasteiger partial charge in [-0.2, -0.15) is 5.10 Å².